The van der Waals surface area contributed by atoms with Crippen molar-refractivity contribution in [3.63, 3.8) is 0 Å². The van der Waals surface area contributed by atoms with Crippen molar-refractivity contribution in [3.8, 4) is 16.9 Å². The van der Waals surface area contributed by atoms with Gasteiger partial charge in [-0.05, 0) is 23.3 Å². The first-order chi connectivity index (χ1) is 8.26. The predicted octanol–water partition coefficient (Wildman–Crippen LogP) is 2.96. The zero-order chi connectivity index (χ0) is 12.3. The molecule has 0 radical (unpaired) electrons. The average Bonchev–Trinajstić information content (AvgIpc) is 2.38. The third-order valence-corrected chi connectivity index (χ3v) is 2.69. The second kappa shape index (κ2) is 4.97. The van der Waals surface area contributed by atoms with Crippen LogP contribution < -0.4 is 10.5 Å². The third kappa shape index (κ3) is 2.29. The summed E-state index contributed by atoms with van der Waals surface area (Å²) in [5.74, 6) is 0.210. The van der Waals surface area contributed by atoms with E-state index in [2.05, 4.69) is 0 Å². The van der Waals surface area contributed by atoms with Crippen molar-refractivity contribution >= 4 is 0 Å². The fourth-order valence-electron chi connectivity index (χ4n) is 1.85. The van der Waals surface area contributed by atoms with Gasteiger partial charge in [0.05, 0.1) is 7.11 Å². The van der Waals surface area contributed by atoms with E-state index < -0.39 is 0 Å². The first-order valence-corrected chi connectivity index (χ1v) is 5.38. The van der Waals surface area contributed by atoms with E-state index in [-0.39, 0.29) is 5.82 Å². The van der Waals surface area contributed by atoms with Gasteiger partial charge >= 0.3 is 0 Å². The Labute approximate surface area is 99.8 Å². The van der Waals surface area contributed by atoms with E-state index in [9.17, 15) is 4.39 Å². The Kier molecular flexibility index (Phi) is 3.40. The first-order valence-electron chi connectivity index (χ1n) is 5.38. The van der Waals surface area contributed by atoms with E-state index in [1.807, 2.05) is 24.3 Å². The second-order valence-corrected chi connectivity index (χ2v) is 3.71. The predicted molar refractivity (Wildman–Crippen MR) is 66.3 cm³/mol. The molecule has 0 bridgehead atoms. The number of rotatable bonds is 3. The van der Waals surface area contributed by atoms with Gasteiger partial charge in [0.2, 0.25) is 0 Å². The summed E-state index contributed by atoms with van der Waals surface area (Å²) in [4.78, 5) is 0. The molecule has 2 rings (SSSR count). The van der Waals surface area contributed by atoms with Gasteiger partial charge in [-0.25, -0.2) is 4.39 Å². The van der Waals surface area contributed by atoms with E-state index in [1.54, 1.807) is 6.07 Å². The van der Waals surface area contributed by atoms with Gasteiger partial charge in [-0.1, -0.05) is 24.3 Å². The van der Waals surface area contributed by atoms with Crippen LogP contribution in [0.1, 0.15) is 5.56 Å². The Morgan fingerprint density at radius 2 is 1.88 bits per heavy atom. The monoisotopic (exact) mass is 231 g/mol. The minimum atomic E-state index is -0.309. The Hall–Kier alpha value is -1.87. The number of hydrogen-bond donors (Lipinski definition) is 1. The zero-order valence-corrected chi connectivity index (χ0v) is 9.61. The normalized spacial score (nSPS) is 10.3. The molecule has 17 heavy (non-hydrogen) atoms. The van der Waals surface area contributed by atoms with Crippen LogP contribution in [0.5, 0.6) is 5.75 Å². The molecule has 0 heterocycles. The smallest absolute Gasteiger partial charge is 0.129 e. The molecule has 0 unspecified atom stereocenters. The van der Waals surface area contributed by atoms with Crippen LogP contribution in [-0.4, -0.2) is 7.11 Å². The SMILES string of the molecule is COc1cc(F)ccc1-c1ccccc1CN. The van der Waals surface area contributed by atoms with Crippen molar-refractivity contribution in [3.05, 3.63) is 53.8 Å². The van der Waals surface area contributed by atoms with Crippen LogP contribution in [0.15, 0.2) is 42.5 Å². The molecular weight excluding hydrogens is 217 g/mol. The summed E-state index contributed by atoms with van der Waals surface area (Å²) < 4.78 is 18.3. The summed E-state index contributed by atoms with van der Waals surface area (Å²) in [6, 6.07) is 12.3. The maximum atomic E-state index is 13.1. The van der Waals surface area contributed by atoms with Gasteiger partial charge in [0.1, 0.15) is 11.6 Å². The van der Waals surface area contributed by atoms with Crippen LogP contribution in [-0.2, 0) is 6.54 Å². The number of methoxy groups -OCH3 is 1. The van der Waals surface area contributed by atoms with E-state index in [0.29, 0.717) is 12.3 Å². The minimum Gasteiger partial charge on any atom is -0.496 e. The molecule has 0 aliphatic carbocycles. The summed E-state index contributed by atoms with van der Waals surface area (Å²) in [6.45, 7) is 0.441. The first kappa shape index (κ1) is 11.6. The average molecular weight is 231 g/mol. The van der Waals surface area contributed by atoms with Crippen LogP contribution in [0.4, 0.5) is 4.39 Å². The Balaban J connectivity index is 2.59. The number of hydrogen-bond acceptors (Lipinski definition) is 2. The fourth-order valence-corrected chi connectivity index (χ4v) is 1.85. The van der Waals surface area contributed by atoms with Crippen molar-refractivity contribution in [2.45, 2.75) is 6.54 Å². The van der Waals surface area contributed by atoms with Gasteiger partial charge in [0.15, 0.2) is 0 Å². The highest BCUT2D eigenvalue weighted by Crippen LogP contribution is 2.32. The highest BCUT2D eigenvalue weighted by molar-refractivity contribution is 5.73. The standard InChI is InChI=1S/C14H14FNO/c1-17-14-8-11(15)6-7-13(14)12-5-3-2-4-10(12)9-16/h2-8H,9,16H2,1H3. The van der Waals surface area contributed by atoms with Gasteiger partial charge < -0.3 is 10.5 Å². The van der Waals surface area contributed by atoms with Crippen LogP contribution in [0, 0.1) is 5.82 Å². The summed E-state index contributed by atoms with van der Waals surface area (Å²) in [5.41, 5.74) is 8.54. The molecule has 0 fully saturated rings. The Morgan fingerprint density at radius 3 is 2.59 bits per heavy atom. The van der Waals surface area contributed by atoms with Crippen molar-refractivity contribution in [1.29, 1.82) is 0 Å². The Bertz CT molecular complexity index is 525. The molecule has 88 valence electrons. The van der Waals surface area contributed by atoms with Gasteiger partial charge in [-0.15, -0.1) is 0 Å². The molecule has 0 spiro atoms. The number of ether oxygens (including phenoxy) is 1. The minimum absolute atomic E-state index is 0.309. The van der Waals surface area contributed by atoms with Crippen LogP contribution in [0.2, 0.25) is 0 Å². The molecule has 2 aromatic rings. The molecule has 2 N–H and O–H groups in total. The van der Waals surface area contributed by atoms with Crippen molar-refractivity contribution in [1.82, 2.24) is 0 Å². The number of halogens is 1. The van der Waals surface area contributed by atoms with Crippen molar-refractivity contribution in [2.75, 3.05) is 7.11 Å². The second-order valence-electron chi connectivity index (χ2n) is 3.71. The van der Waals surface area contributed by atoms with Crippen LogP contribution in [0.25, 0.3) is 11.1 Å². The van der Waals surface area contributed by atoms with Gasteiger partial charge in [-0.3, -0.25) is 0 Å². The maximum absolute atomic E-state index is 13.1. The lowest BCUT2D eigenvalue weighted by Crippen LogP contribution is -1.99. The molecule has 3 heteroatoms. The molecular formula is C14H14FNO. The maximum Gasteiger partial charge on any atom is 0.129 e. The number of benzene rings is 2. The molecule has 0 saturated carbocycles. The zero-order valence-electron chi connectivity index (χ0n) is 9.61. The molecule has 2 aromatic carbocycles. The highest BCUT2D eigenvalue weighted by Gasteiger charge is 2.09. The largest absolute Gasteiger partial charge is 0.496 e. The summed E-state index contributed by atoms with van der Waals surface area (Å²) in [7, 11) is 1.53. The van der Waals surface area contributed by atoms with Crippen molar-refractivity contribution in [2.24, 2.45) is 5.73 Å². The van der Waals surface area contributed by atoms with E-state index >= 15 is 0 Å². The van der Waals surface area contributed by atoms with Gasteiger partial charge in [0, 0.05) is 18.2 Å². The van der Waals surface area contributed by atoms with Gasteiger partial charge in [-0.2, -0.15) is 0 Å². The number of nitrogens with two attached hydrogens (primary N) is 1. The lowest BCUT2D eigenvalue weighted by atomic mass is 9.99. The lowest BCUT2D eigenvalue weighted by molar-refractivity contribution is 0.413. The third-order valence-electron chi connectivity index (χ3n) is 2.69. The van der Waals surface area contributed by atoms with E-state index in [1.165, 1.54) is 19.2 Å². The quantitative estimate of drug-likeness (QED) is 0.881. The molecule has 0 aromatic heterocycles. The lowest BCUT2D eigenvalue weighted by Gasteiger charge is -2.12. The molecule has 0 saturated heterocycles. The molecule has 0 amide bonds. The van der Waals surface area contributed by atoms with Gasteiger partial charge in [0.25, 0.3) is 0 Å². The van der Waals surface area contributed by atoms with Crippen LogP contribution >= 0.6 is 0 Å². The molecule has 2 nitrogen and oxygen atoms in total. The van der Waals surface area contributed by atoms with Crippen LogP contribution in [0.3, 0.4) is 0 Å². The fraction of sp³-hybridized carbons (Fsp3) is 0.143. The summed E-state index contributed by atoms with van der Waals surface area (Å²) in [5, 5.41) is 0. The molecule has 0 aliphatic rings. The highest BCUT2D eigenvalue weighted by atomic mass is 19.1. The van der Waals surface area contributed by atoms with Crippen molar-refractivity contribution < 1.29 is 9.13 Å². The molecule has 0 aliphatic heterocycles. The Morgan fingerprint density at radius 1 is 1.12 bits per heavy atom. The topological polar surface area (TPSA) is 35.2 Å². The summed E-state index contributed by atoms with van der Waals surface area (Å²) in [6.07, 6.45) is 0. The van der Waals surface area contributed by atoms with E-state index in [4.69, 9.17) is 10.5 Å². The molecule has 0 atom stereocenters. The summed E-state index contributed by atoms with van der Waals surface area (Å²) >= 11 is 0. The van der Waals surface area contributed by atoms with E-state index in [0.717, 1.165) is 16.7 Å².